The van der Waals surface area contributed by atoms with Crippen molar-refractivity contribution in [1.82, 2.24) is 25.3 Å². The summed E-state index contributed by atoms with van der Waals surface area (Å²) in [5.41, 5.74) is 7.51. The second-order valence-corrected chi connectivity index (χ2v) is 22.0. The maximum Gasteiger partial charge on any atom is 0.319 e. The molecule has 1 atom stereocenters. The Morgan fingerprint density at radius 3 is 2.49 bits per heavy atom. The summed E-state index contributed by atoms with van der Waals surface area (Å²) in [4.78, 5) is 16.0. The Balaban J connectivity index is 1.39. The van der Waals surface area contributed by atoms with Crippen LogP contribution in [0.5, 0.6) is 11.8 Å². The minimum absolute atomic E-state index is 0.0636. The number of nitrogens with zero attached hydrogens (tertiary/aromatic N) is 5. The van der Waals surface area contributed by atoms with Crippen LogP contribution < -0.4 is 15.2 Å². The van der Waals surface area contributed by atoms with Gasteiger partial charge in [-0.25, -0.2) is 14.2 Å². The van der Waals surface area contributed by atoms with Crippen LogP contribution >= 0.6 is 0 Å². The fourth-order valence-electron chi connectivity index (χ4n) is 9.53. The third-order valence-electron chi connectivity index (χ3n) is 12.2. The van der Waals surface area contributed by atoms with Gasteiger partial charge < -0.3 is 9.84 Å². The molecule has 3 saturated heterocycles. The van der Waals surface area contributed by atoms with Crippen LogP contribution in [-0.4, -0.2) is 71.4 Å². The molecule has 13 heteroatoms. The molecule has 7 rings (SSSR count). The number of fused-ring (bicyclic) bond motifs is 3. The van der Waals surface area contributed by atoms with Gasteiger partial charge in [0.05, 0.1) is 16.5 Å². The SMILES string of the molecule is CC(C)[Si](C#Cc1c(F)ccc2cc(O)cc(-c3ncc4c(N5CCCCCN5)nc(OCC56CCCN5CC(=C(F)F)C6)nc4c3F)c12)(C(C)C)C(C)C. The summed E-state index contributed by atoms with van der Waals surface area (Å²) in [7, 11) is -2.30. The van der Waals surface area contributed by atoms with Gasteiger partial charge in [0.25, 0.3) is 6.08 Å². The smallest absolute Gasteiger partial charge is 0.319 e. The number of anilines is 1. The van der Waals surface area contributed by atoms with Crippen LogP contribution in [0.2, 0.25) is 16.6 Å². The zero-order valence-electron chi connectivity index (χ0n) is 32.5. The van der Waals surface area contributed by atoms with Crippen LogP contribution in [0.15, 0.2) is 42.1 Å². The van der Waals surface area contributed by atoms with E-state index in [4.69, 9.17) is 9.72 Å². The first-order valence-electron chi connectivity index (χ1n) is 19.5. The Morgan fingerprint density at radius 2 is 1.76 bits per heavy atom. The number of phenols is 1. The van der Waals surface area contributed by atoms with E-state index in [1.165, 1.54) is 24.4 Å². The van der Waals surface area contributed by atoms with Crippen molar-refractivity contribution >= 4 is 35.6 Å². The Kier molecular flexibility index (Phi) is 10.9. The molecule has 0 amide bonds. The van der Waals surface area contributed by atoms with E-state index in [9.17, 15) is 13.9 Å². The number of pyridine rings is 1. The molecule has 2 aromatic heterocycles. The first kappa shape index (κ1) is 39.0. The van der Waals surface area contributed by atoms with Crippen molar-refractivity contribution in [3.63, 3.8) is 0 Å². The van der Waals surface area contributed by atoms with E-state index < -0.39 is 31.3 Å². The van der Waals surface area contributed by atoms with Gasteiger partial charge in [-0.3, -0.25) is 14.9 Å². The summed E-state index contributed by atoms with van der Waals surface area (Å²) in [6.45, 7) is 15.3. The summed E-state index contributed by atoms with van der Waals surface area (Å²) < 4.78 is 67.0. The number of halogens is 4. The number of aromatic hydroxyl groups is 1. The van der Waals surface area contributed by atoms with Gasteiger partial charge in [-0.05, 0) is 78.9 Å². The van der Waals surface area contributed by atoms with Crippen LogP contribution in [0, 0.1) is 23.1 Å². The molecular formula is C42H50F4N6O2Si. The number of phenolic OH excluding ortho intramolecular Hbond substituents is 1. The Morgan fingerprint density at radius 1 is 1.00 bits per heavy atom. The third-order valence-corrected chi connectivity index (χ3v) is 18.5. The minimum Gasteiger partial charge on any atom is -0.508 e. The molecule has 2 aromatic carbocycles. The maximum absolute atomic E-state index is 17.3. The van der Waals surface area contributed by atoms with E-state index in [1.54, 1.807) is 6.07 Å². The molecule has 0 radical (unpaired) electrons. The van der Waals surface area contributed by atoms with Crippen molar-refractivity contribution in [2.24, 2.45) is 0 Å². The number of hydrogen-bond acceptors (Lipinski definition) is 8. The molecule has 3 aliphatic heterocycles. The number of hydrazine groups is 1. The first-order chi connectivity index (χ1) is 26.3. The predicted molar refractivity (Wildman–Crippen MR) is 212 cm³/mol. The lowest BCUT2D eigenvalue weighted by atomic mass is 9.94. The van der Waals surface area contributed by atoms with E-state index in [1.807, 2.05) is 9.91 Å². The third kappa shape index (κ3) is 7.06. The van der Waals surface area contributed by atoms with Gasteiger partial charge in [0.15, 0.2) is 11.6 Å². The average Bonchev–Trinajstić information content (AvgIpc) is 3.57. The summed E-state index contributed by atoms with van der Waals surface area (Å²) in [6, 6.07) is 5.70. The quantitative estimate of drug-likeness (QED) is 0.104. The zero-order valence-corrected chi connectivity index (χ0v) is 33.5. The van der Waals surface area contributed by atoms with Crippen LogP contribution in [0.1, 0.15) is 85.6 Å². The second kappa shape index (κ2) is 15.4. The van der Waals surface area contributed by atoms with E-state index in [0.29, 0.717) is 64.7 Å². The van der Waals surface area contributed by atoms with E-state index in [-0.39, 0.29) is 59.2 Å². The van der Waals surface area contributed by atoms with Crippen LogP contribution in [0.25, 0.3) is 32.9 Å². The summed E-state index contributed by atoms with van der Waals surface area (Å²) in [5, 5.41) is 14.0. The molecule has 2 N–H and O–H groups in total. The monoisotopic (exact) mass is 774 g/mol. The van der Waals surface area contributed by atoms with Crippen molar-refractivity contribution < 1.29 is 27.4 Å². The number of hydrogen-bond donors (Lipinski definition) is 2. The molecule has 0 spiro atoms. The molecule has 4 aromatic rings. The highest BCUT2D eigenvalue weighted by atomic mass is 28.3. The van der Waals surface area contributed by atoms with Crippen LogP contribution in [0.3, 0.4) is 0 Å². The lowest BCUT2D eigenvalue weighted by Crippen LogP contribution is -2.43. The Labute approximate surface area is 321 Å². The van der Waals surface area contributed by atoms with E-state index >= 15 is 8.78 Å². The molecule has 1 unspecified atom stereocenters. The van der Waals surface area contributed by atoms with Gasteiger partial charge in [0, 0.05) is 42.4 Å². The molecule has 3 fully saturated rings. The average molecular weight is 775 g/mol. The fourth-order valence-corrected chi connectivity index (χ4v) is 14.7. The highest BCUT2D eigenvalue weighted by Crippen LogP contribution is 2.44. The summed E-state index contributed by atoms with van der Waals surface area (Å²) in [6.07, 6.45) is 4.43. The van der Waals surface area contributed by atoms with Gasteiger partial charge in [-0.15, -0.1) is 5.54 Å². The number of benzene rings is 2. The standard InChI is InChI=1S/C42H50F4N6O2Si/c1-25(2)55(26(3)4,27(5)6)18-13-31-34(43)12-11-28-19-30(53)20-32(35(28)31)37-36(44)38-33(22-47-37)40(52-17-9-7-8-15-48-52)50-41(49-38)54-24-42-14-10-16-51(42)23-29(21-42)39(45)46/h11-12,19-20,22,25-27,48,53H,7-10,14-17,21,23-24H2,1-6H3. The summed E-state index contributed by atoms with van der Waals surface area (Å²) >= 11 is 0. The molecule has 55 heavy (non-hydrogen) atoms. The maximum atomic E-state index is 17.3. The van der Waals surface area contributed by atoms with Gasteiger partial charge in [-0.2, -0.15) is 18.7 Å². The van der Waals surface area contributed by atoms with Crippen molar-refractivity contribution in [2.45, 2.75) is 102 Å². The van der Waals surface area contributed by atoms with Gasteiger partial charge in [-0.1, -0.05) is 60.0 Å². The molecule has 0 saturated carbocycles. The highest BCUT2D eigenvalue weighted by molar-refractivity contribution is 6.90. The first-order valence-corrected chi connectivity index (χ1v) is 21.8. The molecular weight excluding hydrogens is 725 g/mol. The highest BCUT2D eigenvalue weighted by Gasteiger charge is 2.48. The lowest BCUT2D eigenvalue weighted by molar-refractivity contribution is 0.108. The molecule has 0 aliphatic carbocycles. The molecule has 5 heterocycles. The second-order valence-electron chi connectivity index (χ2n) is 16.4. The fraction of sp³-hybridized carbons (Fsp3) is 0.500. The minimum atomic E-state index is -2.30. The van der Waals surface area contributed by atoms with Gasteiger partial charge in [0.2, 0.25) is 0 Å². The van der Waals surface area contributed by atoms with Gasteiger partial charge >= 0.3 is 6.01 Å². The number of rotatable bonds is 8. The molecule has 3 aliphatic rings. The number of ether oxygens (including phenoxy) is 1. The van der Waals surface area contributed by atoms with Gasteiger partial charge in [0.1, 0.15) is 37.5 Å². The van der Waals surface area contributed by atoms with Crippen molar-refractivity contribution in [3.05, 3.63) is 59.3 Å². The van der Waals surface area contributed by atoms with Crippen molar-refractivity contribution in [1.29, 1.82) is 0 Å². The number of aromatic nitrogens is 3. The predicted octanol–water partition coefficient (Wildman–Crippen LogP) is 9.66. The Bertz CT molecular complexity index is 2190. The topological polar surface area (TPSA) is 86.6 Å². The number of nitrogens with one attached hydrogen (secondary N) is 1. The Hall–Kier alpha value is -4.25. The van der Waals surface area contributed by atoms with Crippen LogP contribution in [0.4, 0.5) is 23.4 Å². The van der Waals surface area contributed by atoms with Crippen LogP contribution in [-0.2, 0) is 0 Å². The summed E-state index contributed by atoms with van der Waals surface area (Å²) in [5.74, 6) is 2.17. The van der Waals surface area contributed by atoms with E-state index in [0.717, 1.165) is 25.7 Å². The van der Waals surface area contributed by atoms with Crippen molar-refractivity contribution in [3.8, 4) is 34.5 Å². The van der Waals surface area contributed by atoms with E-state index in [2.05, 4.69) is 68.4 Å². The largest absolute Gasteiger partial charge is 0.508 e. The van der Waals surface area contributed by atoms with Crippen molar-refractivity contribution in [2.75, 3.05) is 37.8 Å². The lowest BCUT2D eigenvalue weighted by Gasteiger charge is -2.38. The normalized spacial score (nSPS) is 19.4. The molecule has 0 bridgehead atoms. The molecule has 292 valence electrons. The molecule has 8 nitrogen and oxygen atoms in total. The zero-order chi connectivity index (χ0) is 39.2.